The number of methoxy groups -OCH3 is 2. The summed E-state index contributed by atoms with van der Waals surface area (Å²) in [4.78, 5) is 15.3. The first-order valence-corrected chi connectivity index (χ1v) is 11.7. The predicted octanol–water partition coefficient (Wildman–Crippen LogP) is 4.81. The monoisotopic (exact) mass is 460 g/mol. The number of amides is 1. The molecule has 0 aromatic heterocycles. The van der Waals surface area contributed by atoms with Gasteiger partial charge in [0.1, 0.15) is 6.61 Å². The third kappa shape index (κ3) is 6.08. The van der Waals surface area contributed by atoms with Crippen LogP contribution in [0.15, 0.2) is 66.7 Å². The van der Waals surface area contributed by atoms with E-state index >= 15 is 0 Å². The summed E-state index contributed by atoms with van der Waals surface area (Å²) in [5, 5.41) is 2.99. The average molecular weight is 461 g/mol. The van der Waals surface area contributed by atoms with E-state index in [-0.39, 0.29) is 5.91 Å². The second-order valence-corrected chi connectivity index (χ2v) is 8.47. The van der Waals surface area contributed by atoms with Gasteiger partial charge < -0.3 is 19.5 Å². The lowest BCUT2D eigenvalue weighted by molar-refractivity contribution is 0.0950. The van der Waals surface area contributed by atoms with Crippen LogP contribution in [0, 0.1) is 0 Å². The van der Waals surface area contributed by atoms with E-state index in [2.05, 4.69) is 34.5 Å². The summed E-state index contributed by atoms with van der Waals surface area (Å²) >= 11 is 0. The van der Waals surface area contributed by atoms with Gasteiger partial charge in [-0.2, -0.15) is 0 Å². The molecule has 0 aliphatic carbocycles. The van der Waals surface area contributed by atoms with E-state index in [1.54, 1.807) is 26.4 Å². The second kappa shape index (κ2) is 11.6. The Labute approximate surface area is 201 Å². The minimum atomic E-state index is -0.202. The van der Waals surface area contributed by atoms with Gasteiger partial charge in [0.05, 0.1) is 14.2 Å². The Hall–Kier alpha value is -3.51. The van der Waals surface area contributed by atoms with Crippen LogP contribution in [-0.2, 0) is 19.7 Å². The maximum absolute atomic E-state index is 12.9. The second-order valence-electron chi connectivity index (χ2n) is 8.47. The van der Waals surface area contributed by atoms with Crippen molar-refractivity contribution < 1.29 is 19.0 Å². The molecule has 0 bridgehead atoms. The summed E-state index contributed by atoms with van der Waals surface area (Å²) < 4.78 is 17.0. The van der Waals surface area contributed by atoms with Crippen LogP contribution in [-0.4, -0.2) is 38.1 Å². The molecule has 1 aliphatic heterocycles. The van der Waals surface area contributed by atoms with Crippen molar-refractivity contribution in [3.05, 3.63) is 89.0 Å². The van der Waals surface area contributed by atoms with Crippen LogP contribution in [0.25, 0.3) is 0 Å². The highest BCUT2D eigenvalue weighted by molar-refractivity contribution is 5.95. The van der Waals surface area contributed by atoms with Gasteiger partial charge in [-0.1, -0.05) is 54.6 Å². The fourth-order valence-electron chi connectivity index (χ4n) is 4.13. The van der Waals surface area contributed by atoms with E-state index in [9.17, 15) is 4.79 Å². The van der Waals surface area contributed by atoms with Crippen LogP contribution in [0.1, 0.15) is 39.9 Å². The fourth-order valence-corrected chi connectivity index (χ4v) is 4.13. The SMILES string of the molecule is COc1cc(C(=O)NCc2ccc(CN3CCCC3)cc2)cc(OC)c1OCc1ccccc1. The Kier molecular flexibility index (Phi) is 8.04. The molecule has 0 radical (unpaired) electrons. The van der Waals surface area contributed by atoms with Crippen LogP contribution < -0.4 is 19.5 Å². The lowest BCUT2D eigenvalue weighted by Gasteiger charge is -2.16. The topological polar surface area (TPSA) is 60.0 Å². The Balaban J connectivity index is 1.39. The number of carbonyl (C=O) groups is 1. The van der Waals surface area contributed by atoms with Crippen molar-refractivity contribution in [2.75, 3.05) is 27.3 Å². The summed E-state index contributed by atoms with van der Waals surface area (Å²) in [7, 11) is 3.10. The van der Waals surface area contributed by atoms with Gasteiger partial charge in [0.15, 0.2) is 11.5 Å². The van der Waals surface area contributed by atoms with Gasteiger partial charge in [-0.05, 0) is 54.8 Å². The molecule has 6 heteroatoms. The van der Waals surface area contributed by atoms with Crippen molar-refractivity contribution in [2.45, 2.75) is 32.5 Å². The van der Waals surface area contributed by atoms with Gasteiger partial charge in [-0.3, -0.25) is 9.69 Å². The number of carbonyl (C=O) groups excluding carboxylic acids is 1. The number of benzene rings is 3. The van der Waals surface area contributed by atoms with Crippen molar-refractivity contribution in [3.8, 4) is 17.2 Å². The number of nitrogens with one attached hydrogen (secondary N) is 1. The van der Waals surface area contributed by atoms with Crippen LogP contribution in [0.4, 0.5) is 0 Å². The Morgan fingerprint density at radius 1 is 0.853 bits per heavy atom. The average Bonchev–Trinajstić information content (AvgIpc) is 3.40. The molecule has 6 nitrogen and oxygen atoms in total. The molecule has 0 unspecified atom stereocenters. The first kappa shape index (κ1) is 23.6. The summed E-state index contributed by atoms with van der Waals surface area (Å²) in [5.74, 6) is 1.17. The standard InChI is InChI=1S/C28H32N2O4/c1-32-25-16-24(17-26(33-2)27(25)34-20-23-8-4-3-5-9-23)28(31)29-18-21-10-12-22(13-11-21)19-30-14-6-7-15-30/h3-5,8-13,16-17H,6-7,14-15,18-20H2,1-2H3,(H,29,31). The van der Waals surface area contributed by atoms with Crippen molar-refractivity contribution in [1.29, 1.82) is 0 Å². The van der Waals surface area contributed by atoms with Crippen molar-refractivity contribution in [1.82, 2.24) is 10.2 Å². The smallest absolute Gasteiger partial charge is 0.251 e. The zero-order chi connectivity index (χ0) is 23.8. The lowest BCUT2D eigenvalue weighted by atomic mass is 10.1. The van der Waals surface area contributed by atoms with E-state index in [1.165, 1.54) is 31.5 Å². The van der Waals surface area contributed by atoms with Crippen molar-refractivity contribution in [2.24, 2.45) is 0 Å². The molecule has 1 aliphatic rings. The van der Waals surface area contributed by atoms with Gasteiger partial charge >= 0.3 is 0 Å². The summed E-state index contributed by atoms with van der Waals surface area (Å²) in [6.07, 6.45) is 2.58. The van der Waals surface area contributed by atoms with Gasteiger partial charge in [-0.15, -0.1) is 0 Å². The normalized spacial score (nSPS) is 13.5. The number of nitrogens with zero attached hydrogens (tertiary/aromatic N) is 1. The highest BCUT2D eigenvalue weighted by atomic mass is 16.5. The molecule has 1 saturated heterocycles. The summed E-state index contributed by atoms with van der Waals surface area (Å²) in [6, 6.07) is 21.6. The predicted molar refractivity (Wildman–Crippen MR) is 132 cm³/mol. The molecular weight excluding hydrogens is 428 g/mol. The molecular formula is C28H32N2O4. The van der Waals surface area contributed by atoms with Crippen LogP contribution in [0.5, 0.6) is 17.2 Å². The molecule has 0 spiro atoms. The molecule has 1 amide bonds. The van der Waals surface area contributed by atoms with Crippen LogP contribution >= 0.6 is 0 Å². The van der Waals surface area contributed by atoms with Gasteiger partial charge in [0.25, 0.3) is 5.91 Å². The minimum Gasteiger partial charge on any atom is -0.493 e. The van der Waals surface area contributed by atoms with E-state index in [0.717, 1.165) is 17.7 Å². The largest absolute Gasteiger partial charge is 0.493 e. The van der Waals surface area contributed by atoms with Gasteiger partial charge in [0, 0.05) is 18.7 Å². The van der Waals surface area contributed by atoms with E-state index < -0.39 is 0 Å². The van der Waals surface area contributed by atoms with Crippen molar-refractivity contribution in [3.63, 3.8) is 0 Å². The molecule has 4 rings (SSSR count). The minimum absolute atomic E-state index is 0.202. The molecule has 1 fully saturated rings. The lowest BCUT2D eigenvalue weighted by Crippen LogP contribution is -2.23. The molecule has 178 valence electrons. The van der Waals surface area contributed by atoms with Gasteiger partial charge in [0.2, 0.25) is 5.75 Å². The number of rotatable bonds is 10. The summed E-state index contributed by atoms with van der Waals surface area (Å²) in [6.45, 7) is 4.17. The van der Waals surface area contributed by atoms with Gasteiger partial charge in [-0.25, -0.2) is 0 Å². The molecule has 0 atom stereocenters. The molecule has 34 heavy (non-hydrogen) atoms. The number of likely N-dealkylation sites (tertiary alicyclic amines) is 1. The highest BCUT2D eigenvalue weighted by Crippen LogP contribution is 2.39. The zero-order valence-corrected chi connectivity index (χ0v) is 19.9. The van der Waals surface area contributed by atoms with E-state index in [0.29, 0.717) is 36.0 Å². The van der Waals surface area contributed by atoms with E-state index in [1.807, 2.05) is 30.3 Å². The number of ether oxygens (including phenoxy) is 3. The Bertz CT molecular complexity index is 1050. The Morgan fingerprint density at radius 2 is 1.47 bits per heavy atom. The third-order valence-corrected chi connectivity index (χ3v) is 6.03. The number of hydrogen-bond donors (Lipinski definition) is 1. The molecule has 1 N–H and O–H groups in total. The first-order valence-electron chi connectivity index (χ1n) is 11.7. The fraction of sp³-hybridized carbons (Fsp3) is 0.321. The molecule has 1 heterocycles. The van der Waals surface area contributed by atoms with Crippen LogP contribution in [0.3, 0.4) is 0 Å². The maximum atomic E-state index is 12.9. The molecule has 3 aromatic carbocycles. The first-order chi connectivity index (χ1) is 16.7. The third-order valence-electron chi connectivity index (χ3n) is 6.03. The van der Waals surface area contributed by atoms with E-state index in [4.69, 9.17) is 14.2 Å². The molecule has 0 saturated carbocycles. The summed E-state index contributed by atoms with van der Waals surface area (Å²) in [5.41, 5.74) is 3.84. The zero-order valence-electron chi connectivity index (χ0n) is 19.9. The molecule has 3 aromatic rings. The van der Waals surface area contributed by atoms with Crippen LogP contribution in [0.2, 0.25) is 0 Å². The quantitative estimate of drug-likeness (QED) is 0.471. The van der Waals surface area contributed by atoms with Crippen molar-refractivity contribution >= 4 is 5.91 Å². The maximum Gasteiger partial charge on any atom is 0.251 e. The number of hydrogen-bond acceptors (Lipinski definition) is 5. The highest BCUT2D eigenvalue weighted by Gasteiger charge is 2.18. The Morgan fingerprint density at radius 3 is 2.09 bits per heavy atom.